The van der Waals surface area contributed by atoms with E-state index < -0.39 is 8.07 Å². The number of benzene rings is 10. The fourth-order valence-corrected chi connectivity index (χ4v) is 13.7. The van der Waals surface area contributed by atoms with Crippen molar-refractivity contribution in [3.05, 3.63) is 261 Å². The number of fused-ring (bicyclic) bond motifs is 1. The van der Waals surface area contributed by atoms with Crippen LogP contribution >= 0.6 is 0 Å². The third-order valence-electron chi connectivity index (χ3n) is 11.8. The fraction of sp³-hybridized carbons (Fsp3) is 0. The van der Waals surface area contributed by atoms with Crippen LogP contribution in [-0.2, 0) is 0 Å². The molecule has 0 amide bonds. The molecule has 0 saturated carbocycles. The lowest BCUT2D eigenvalue weighted by Gasteiger charge is -2.36. The first-order chi connectivity index (χ1) is 29.8. The third-order valence-corrected chi connectivity index (χ3v) is 16.5. The smallest absolute Gasteiger partial charge is 0.179 e. The summed E-state index contributed by atoms with van der Waals surface area (Å²) >= 11 is 0. The molecule has 0 fully saturated rings. The van der Waals surface area contributed by atoms with Crippen LogP contribution in [0.3, 0.4) is 0 Å². The molecule has 10 aromatic carbocycles. The molecule has 0 saturated heterocycles. The van der Waals surface area contributed by atoms with E-state index in [0.717, 1.165) is 17.1 Å². The number of hydrogen-bond donors (Lipinski definition) is 0. The Hall–Kier alpha value is -7.52. The van der Waals surface area contributed by atoms with Crippen molar-refractivity contribution in [1.29, 1.82) is 0 Å². The lowest BCUT2D eigenvalue weighted by Crippen LogP contribution is -2.74. The average Bonchev–Trinajstić information content (AvgIpc) is 3.34. The maximum Gasteiger partial charge on any atom is 0.179 e. The highest BCUT2D eigenvalue weighted by atomic mass is 28.3. The first-order valence-electron chi connectivity index (χ1n) is 20.7. The fourth-order valence-electron chi connectivity index (χ4n) is 8.93. The predicted molar refractivity (Wildman–Crippen MR) is 259 cm³/mol. The Morgan fingerprint density at radius 3 is 1.33 bits per heavy atom. The molecule has 2 heteroatoms. The van der Waals surface area contributed by atoms with E-state index in [2.05, 4.69) is 266 Å². The largest absolute Gasteiger partial charge is 0.310 e. The zero-order chi connectivity index (χ0) is 40.1. The lowest BCUT2D eigenvalue weighted by atomic mass is 9.96. The number of anilines is 3. The minimum absolute atomic E-state index is 1.09. The van der Waals surface area contributed by atoms with Gasteiger partial charge in [0.25, 0.3) is 0 Å². The molecule has 0 bridgehead atoms. The van der Waals surface area contributed by atoms with Crippen molar-refractivity contribution in [2.75, 3.05) is 4.90 Å². The Bertz CT molecular complexity index is 2960. The van der Waals surface area contributed by atoms with E-state index in [1.165, 1.54) is 64.9 Å². The van der Waals surface area contributed by atoms with Gasteiger partial charge in [-0.1, -0.05) is 224 Å². The molecule has 10 aromatic rings. The van der Waals surface area contributed by atoms with Gasteiger partial charge in [0.15, 0.2) is 8.07 Å². The first kappa shape index (κ1) is 36.8. The summed E-state index contributed by atoms with van der Waals surface area (Å²) < 4.78 is 0. The Balaban J connectivity index is 1.24. The van der Waals surface area contributed by atoms with E-state index in [-0.39, 0.29) is 0 Å². The van der Waals surface area contributed by atoms with Gasteiger partial charge in [0, 0.05) is 16.9 Å². The maximum atomic E-state index is 2.48. The highest BCUT2D eigenvalue weighted by molar-refractivity contribution is 7.20. The molecular formula is C58H43NSi. The van der Waals surface area contributed by atoms with E-state index in [1.807, 2.05) is 0 Å². The van der Waals surface area contributed by atoms with Crippen LogP contribution in [0.5, 0.6) is 0 Å². The first-order valence-corrected chi connectivity index (χ1v) is 22.7. The quantitative estimate of drug-likeness (QED) is 0.0987. The summed E-state index contributed by atoms with van der Waals surface area (Å²) in [7, 11) is -2.91. The lowest BCUT2D eigenvalue weighted by molar-refractivity contribution is 1.29. The standard InChI is InChI=1S/C58H43NSi/c1-6-19-44(20-7-1)47-33-37-51(38-34-47)59(58-40-36-50(45-21-8-2-9-22-45)42-57(58)48-24-10-3-11-25-48)52-27-18-32-55(43-52)60(53-28-12-4-13-29-53,54-30-14-5-15-31-54)56-39-35-46-23-16-17-26-49(46)41-56/h1-43H. The topological polar surface area (TPSA) is 3.24 Å². The molecule has 0 N–H and O–H groups in total. The van der Waals surface area contributed by atoms with Crippen molar-refractivity contribution >= 4 is 56.7 Å². The SMILES string of the molecule is c1ccc(-c2ccc(N(c3cccc([Si](c4ccccc4)(c4ccccc4)c4ccc5ccccc5c4)c3)c3ccc(-c4ccccc4)cc3-c3ccccc3)cc2)cc1. The van der Waals surface area contributed by atoms with Crippen molar-refractivity contribution in [2.24, 2.45) is 0 Å². The normalized spacial score (nSPS) is 11.3. The van der Waals surface area contributed by atoms with Crippen LogP contribution in [0.2, 0.25) is 0 Å². The van der Waals surface area contributed by atoms with Crippen LogP contribution in [-0.4, -0.2) is 8.07 Å². The Morgan fingerprint density at radius 1 is 0.250 bits per heavy atom. The summed E-state index contributed by atoms with van der Waals surface area (Å²) in [4.78, 5) is 2.46. The molecule has 0 aliphatic rings. The van der Waals surface area contributed by atoms with E-state index in [0.29, 0.717) is 0 Å². The van der Waals surface area contributed by atoms with Gasteiger partial charge in [-0.3, -0.25) is 0 Å². The van der Waals surface area contributed by atoms with Gasteiger partial charge in [-0.15, -0.1) is 0 Å². The van der Waals surface area contributed by atoms with Crippen molar-refractivity contribution < 1.29 is 0 Å². The van der Waals surface area contributed by atoms with E-state index >= 15 is 0 Å². The highest BCUT2D eigenvalue weighted by Gasteiger charge is 2.42. The van der Waals surface area contributed by atoms with Crippen LogP contribution in [0, 0.1) is 0 Å². The second kappa shape index (κ2) is 16.4. The van der Waals surface area contributed by atoms with Crippen LogP contribution in [0.4, 0.5) is 17.1 Å². The van der Waals surface area contributed by atoms with Crippen LogP contribution in [0.25, 0.3) is 44.2 Å². The Labute approximate surface area is 354 Å². The molecule has 0 atom stereocenters. The van der Waals surface area contributed by atoms with E-state index in [9.17, 15) is 0 Å². The van der Waals surface area contributed by atoms with Crippen LogP contribution in [0.1, 0.15) is 0 Å². The summed E-state index contributed by atoms with van der Waals surface area (Å²) in [5, 5.41) is 7.86. The molecule has 284 valence electrons. The molecule has 60 heavy (non-hydrogen) atoms. The van der Waals surface area contributed by atoms with E-state index in [1.54, 1.807) is 0 Å². The van der Waals surface area contributed by atoms with Gasteiger partial charge < -0.3 is 4.90 Å². The van der Waals surface area contributed by atoms with Gasteiger partial charge >= 0.3 is 0 Å². The monoisotopic (exact) mass is 781 g/mol. The Kier molecular flexibility index (Phi) is 10.0. The van der Waals surface area contributed by atoms with Gasteiger partial charge in [-0.05, 0) is 95.7 Å². The Morgan fingerprint density at radius 2 is 0.717 bits per heavy atom. The summed E-state index contributed by atoms with van der Waals surface area (Å²) in [6.07, 6.45) is 0. The van der Waals surface area contributed by atoms with E-state index in [4.69, 9.17) is 0 Å². The van der Waals surface area contributed by atoms with Crippen LogP contribution < -0.4 is 25.6 Å². The molecule has 0 aliphatic heterocycles. The molecule has 0 aromatic heterocycles. The summed E-state index contributed by atoms with van der Waals surface area (Å²) in [6.45, 7) is 0. The molecule has 0 radical (unpaired) electrons. The molecule has 0 aliphatic carbocycles. The molecular weight excluding hydrogens is 739 g/mol. The molecule has 0 spiro atoms. The molecule has 10 rings (SSSR count). The highest BCUT2D eigenvalue weighted by Crippen LogP contribution is 2.43. The zero-order valence-electron chi connectivity index (χ0n) is 33.3. The summed E-state index contributed by atoms with van der Waals surface area (Å²) in [6, 6.07) is 95.9. The van der Waals surface area contributed by atoms with Crippen molar-refractivity contribution in [1.82, 2.24) is 0 Å². The molecule has 1 nitrogen and oxygen atoms in total. The maximum absolute atomic E-state index is 2.91. The second-order valence-electron chi connectivity index (χ2n) is 15.3. The minimum Gasteiger partial charge on any atom is -0.310 e. The van der Waals surface area contributed by atoms with Gasteiger partial charge in [0.1, 0.15) is 0 Å². The predicted octanol–water partition coefficient (Wildman–Crippen LogP) is 12.7. The number of rotatable bonds is 10. The van der Waals surface area contributed by atoms with Crippen LogP contribution in [0.15, 0.2) is 261 Å². The summed E-state index contributed by atoms with van der Waals surface area (Å²) in [5.74, 6) is 0. The third kappa shape index (κ3) is 6.94. The van der Waals surface area contributed by atoms with Crippen molar-refractivity contribution in [3.8, 4) is 33.4 Å². The summed E-state index contributed by atoms with van der Waals surface area (Å²) in [5.41, 5.74) is 10.4. The number of hydrogen-bond acceptors (Lipinski definition) is 1. The zero-order valence-corrected chi connectivity index (χ0v) is 34.3. The van der Waals surface area contributed by atoms with Crippen molar-refractivity contribution in [2.45, 2.75) is 0 Å². The van der Waals surface area contributed by atoms with Crippen molar-refractivity contribution in [3.63, 3.8) is 0 Å². The van der Waals surface area contributed by atoms with Gasteiger partial charge in [0.2, 0.25) is 0 Å². The number of nitrogens with zero attached hydrogens (tertiary/aromatic N) is 1. The average molecular weight is 782 g/mol. The van der Waals surface area contributed by atoms with Gasteiger partial charge in [-0.25, -0.2) is 0 Å². The molecule has 0 heterocycles. The van der Waals surface area contributed by atoms with Gasteiger partial charge in [0.05, 0.1) is 5.69 Å². The minimum atomic E-state index is -2.91. The second-order valence-corrected chi connectivity index (χ2v) is 19.1. The molecule has 0 unspecified atom stereocenters. The van der Waals surface area contributed by atoms with Gasteiger partial charge in [-0.2, -0.15) is 0 Å².